The number of para-hydroxylation sites is 1. The number of nitrogens with zero attached hydrogens (tertiary/aromatic N) is 1. The standard InChI is InChI=1S/C25H28N2O3/c1-4-22-25-20(19-9-5-6-10-21(19)26-25)13-15-27(22)14-7-8-18-11-12-23(30-17(2)28)24(16-18)29-3/h5-12,16,22,26H,4,13-15H2,1-3H3/b8-7-. The third-order valence-corrected chi connectivity index (χ3v) is 5.75. The first kappa shape index (κ1) is 20.2. The van der Waals surface area contributed by atoms with E-state index in [0.717, 1.165) is 31.5 Å². The molecule has 1 N–H and O–H groups in total. The predicted octanol–water partition coefficient (Wildman–Crippen LogP) is 5.12. The van der Waals surface area contributed by atoms with Gasteiger partial charge in [-0.05, 0) is 42.2 Å². The predicted molar refractivity (Wildman–Crippen MR) is 120 cm³/mol. The van der Waals surface area contributed by atoms with Gasteiger partial charge in [-0.25, -0.2) is 0 Å². The van der Waals surface area contributed by atoms with Crippen LogP contribution in [0.15, 0.2) is 48.5 Å². The van der Waals surface area contributed by atoms with Gasteiger partial charge in [-0.2, -0.15) is 0 Å². The van der Waals surface area contributed by atoms with Crippen molar-refractivity contribution in [2.24, 2.45) is 0 Å². The van der Waals surface area contributed by atoms with Gasteiger partial charge in [0.1, 0.15) is 0 Å². The van der Waals surface area contributed by atoms with Gasteiger partial charge >= 0.3 is 5.97 Å². The van der Waals surface area contributed by atoms with Crippen LogP contribution in [0.1, 0.15) is 43.1 Å². The minimum absolute atomic E-state index is 0.358. The van der Waals surface area contributed by atoms with Gasteiger partial charge < -0.3 is 14.5 Å². The van der Waals surface area contributed by atoms with Crippen molar-refractivity contribution in [1.29, 1.82) is 0 Å². The van der Waals surface area contributed by atoms with Gasteiger partial charge in [-0.3, -0.25) is 9.69 Å². The molecule has 3 aromatic rings. The largest absolute Gasteiger partial charge is 0.493 e. The molecule has 30 heavy (non-hydrogen) atoms. The maximum atomic E-state index is 11.2. The molecule has 156 valence electrons. The molecule has 1 aliphatic rings. The zero-order valence-corrected chi connectivity index (χ0v) is 17.8. The first-order valence-electron chi connectivity index (χ1n) is 10.5. The lowest BCUT2D eigenvalue weighted by molar-refractivity contribution is -0.132. The molecule has 0 fully saturated rings. The van der Waals surface area contributed by atoms with E-state index in [1.54, 1.807) is 13.2 Å². The highest BCUT2D eigenvalue weighted by atomic mass is 16.6. The fraction of sp³-hybridized carbons (Fsp3) is 0.320. The van der Waals surface area contributed by atoms with Crippen molar-refractivity contribution in [3.05, 3.63) is 65.4 Å². The number of aromatic amines is 1. The highest BCUT2D eigenvalue weighted by molar-refractivity contribution is 5.85. The summed E-state index contributed by atoms with van der Waals surface area (Å²) in [5.41, 5.74) is 5.09. The molecule has 0 bridgehead atoms. The fourth-order valence-corrected chi connectivity index (χ4v) is 4.40. The van der Waals surface area contributed by atoms with Crippen molar-refractivity contribution in [2.75, 3.05) is 20.2 Å². The van der Waals surface area contributed by atoms with Crippen LogP contribution in [-0.4, -0.2) is 36.1 Å². The van der Waals surface area contributed by atoms with Gasteiger partial charge in [-0.15, -0.1) is 0 Å². The zero-order valence-electron chi connectivity index (χ0n) is 17.8. The Balaban J connectivity index is 1.49. The number of carbonyl (C=O) groups excluding carboxylic acids is 1. The van der Waals surface area contributed by atoms with E-state index in [2.05, 4.69) is 53.2 Å². The van der Waals surface area contributed by atoms with Gasteiger partial charge in [0.25, 0.3) is 0 Å². The van der Waals surface area contributed by atoms with E-state index in [4.69, 9.17) is 9.47 Å². The van der Waals surface area contributed by atoms with E-state index in [-0.39, 0.29) is 5.97 Å². The number of nitrogens with one attached hydrogen (secondary N) is 1. The van der Waals surface area contributed by atoms with Crippen molar-refractivity contribution in [3.63, 3.8) is 0 Å². The summed E-state index contributed by atoms with van der Waals surface area (Å²) in [7, 11) is 1.58. The number of rotatable bonds is 6. The number of aromatic nitrogens is 1. The maximum Gasteiger partial charge on any atom is 0.308 e. The van der Waals surface area contributed by atoms with Gasteiger partial charge in [0.15, 0.2) is 11.5 Å². The molecule has 0 saturated carbocycles. The smallest absolute Gasteiger partial charge is 0.308 e. The second kappa shape index (κ2) is 8.76. The third-order valence-electron chi connectivity index (χ3n) is 5.75. The summed E-state index contributed by atoms with van der Waals surface area (Å²) in [6.07, 6.45) is 6.41. The number of esters is 1. The van der Waals surface area contributed by atoms with Crippen molar-refractivity contribution in [3.8, 4) is 11.5 Å². The first-order valence-corrected chi connectivity index (χ1v) is 10.5. The molecule has 2 aromatic carbocycles. The summed E-state index contributed by atoms with van der Waals surface area (Å²) in [5, 5.41) is 1.36. The van der Waals surface area contributed by atoms with Crippen molar-refractivity contribution in [1.82, 2.24) is 9.88 Å². The summed E-state index contributed by atoms with van der Waals surface area (Å²) in [6.45, 7) is 5.56. The van der Waals surface area contributed by atoms with Crippen molar-refractivity contribution >= 4 is 22.9 Å². The molecule has 1 aliphatic heterocycles. The van der Waals surface area contributed by atoms with Crippen LogP contribution in [0, 0.1) is 0 Å². The molecule has 0 amide bonds. The van der Waals surface area contributed by atoms with Crippen LogP contribution in [0.25, 0.3) is 17.0 Å². The Hall–Kier alpha value is -3.05. The van der Waals surface area contributed by atoms with E-state index < -0.39 is 0 Å². The molecule has 2 heterocycles. The average molecular weight is 405 g/mol. The average Bonchev–Trinajstić information content (AvgIpc) is 3.12. The van der Waals surface area contributed by atoms with Gasteiger partial charge in [-0.1, -0.05) is 43.3 Å². The van der Waals surface area contributed by atoms with Gasteiger partial charge in [0, 0.05) is 36.6 Å². The number of carbonyl (C=O) groups is 1. The Morgan fingerprint density at radius 2 is 2.07 bits per heavy atom. The number of benzene rings is 2. The number of H-pyrrole nitrogens is 1. The number of methoxy groups -OCH3 is 1. The normalized spacial score (nSPS) is 16.7. The summed E-state index contributed by atoms with van der Waals surface area (Å²) in [4.78, 5) is 17.4. The summed E-state index contributed by atoms with van der Waals surface area (Å²) in [6, 6.07) is 14.6. The Morgan fingerprint density at radius 3 is 2.83 bits per heavy atom. The molecule has 0 saturated heterocycles. The van der Waals surface area contributed by atoms with Crippen LogP contribution < -0.4 is 9.47 Å². The van der Waals surface area contributed by atoms with Crippen LogP contribution in [0.4, 0.5) is 0 Å². The number of fused-ring (bicyclic) bond motifs is 3. The zero-order chi connectivity index (χ0) is 21.1. The molecule has 5 heteroatoms. The fourth-order valence-electron chi connectivity index (χ4n) is 4.40. The molecule has 1 aromatic heterocycles. The Bertz CT molecular complexity index is 1080. The summed E-state index contributed by atoms with van der Waals surface area (Å²) >= 11 is 0. The molecule has 0 aliphatic carbocycles. The Kier molecular flexibility index (Phi) is 5.91. The van der Waals surface area contributed by atoms with Crippen LogP contribution in [0.5, 0.6) is 11.5 Å². The van der Waals surface area contributed by atoms with E-state index in [1.807, 2.05) is 12.1 Å². The lowest BCUT2D eigenvalue weighted by atomic mass is 9.96. The number of ether oxygens (including phenoxy) is 2. The highest BCUT2D eigenvalue weighted by Crippen LogP contribution is 2.36. The molecule has 1 unspecified atom stereocenters. The monoisotopic (exact) mass is 404 g/mol. The second-order valence-electron chi connectivity index (χ2n) is 7.64. The van der Waals surface area contributed by atoms with Crippen molar-refractivity contribution < 1.29 is 14.3 Å². The minimum Gasteiger partial charge on any atom is -0.493 e. The van der Waals surface area contributed by atoms with Gasteiger partial charge in [0.05, 0.1) is 13.2 Å². The highest BCUT2D eigenvalue weighted by Gasteiger charge is 2.28. The number of hydrogen-bond donors (Lipinski definition) is 1. The minimum atomic E-state index is -0.358. The molecule has 4 rings (SSSR count). The van der Waals surface area contributed by atoms with E-state index in [9.17, 15) is 4.79 Å². The lowest BCUT2D eigenvalue weighted by Crippen LogP contribution is -2.35. The maximum absolute atomic E-state index is 11.2. The molecule has 5 nitrogen and oxygen atoms in total. The van der Waals surface area contributed by atoms with Gasteiger partial charge in [0.2, 0.25) is 0 Å². The Labute approximate surface area is 177 Å². The second-order valence-corrected chi connectivity index (χ2v) is 7.64. The lowest BCUT2D eigenvalue weighted by Gasteiger charge is -2.34. The van der Waals surface area contributed by atoms with Crippen LogP contribution >= 0.6 is 0 Å². The molecule has 0 spiro atoms. The quantitative estimate of drug-likeness (QED) is 0.457. The third kappa shape index (κ3) is 3.98. The van der Waals surface area contributed by atoms with Crippen molar-refractivity contribution in [2.45, 2.75) is 32.7 Å². The summed E-state index contributed by atoms with van der Waals surface area (Å²) in [5.74, 6) is 0.638. The molecule has 1 atom stereocenters. The van der Waals surface area contributed by atoms with E-state index >= 15 is 0 Å². The van der Waals surface area contributed by atoms with Crippen LogP contribution in [0.3, 0.4) is 0 Å². The summed E-state index contributed by atoms with van der Waals surface area (Å²) < 4.78 is 10.5. The van der Waals surface area contributed by atoms with Crippen LogP contribution in [-0.2, 0) is 11.2 Å². The molecule has 0 radical (unpaired) electrons. The van der Waals surface area contributed by atoms with E-state index in [1.165, 1.54) is 29.1 Å². The van der Waals surface area contributed by atoms with Crippen LogP contribution in [0.2, 0.25) is 0 Å². The SMILES string of the molecule is CCC1c2[nH]c3ccccc3c2CCN1C/C=C\c1ccc(OC(C)=O)c(OC)c1. The van der Waals surface area contributed by atoms with E-state index in [0.29, 0.717) is 17.5 Å². The topological polar surface area (TPSA) is 54.6 Å². The first-order chi connectivity index (χ1) is 14.6. The number of hydrogen-bond acceptors (Lipinski definition) is 4. The molecular formula is C25H28N2O3. The molecular weight excluding hydrogens is 376 g/mol. The Morgan fingerprint density at radius 1 is 1.23 bits per heavy atom.